The molecule has 1 saturated carbocycles. The standard InChI is InChI=1S/C17H22N2O2/c1-17(2)10-9-14(11-17)19-15(20)8-5-12-3-6-13(7-4-12)16(18)21/h3-8,14H,9-11H2,1-2H3,(H2,18,21)(H,19,20)/b8-5+. The van der Waals surface area contributed by atoms with Gasteiger partial charge in [-0.25, -0.2) is 0 Å². The second-order valence-electron chi connectivity index (χ2n) is 6.43. The van der Waals surface area contributed by atoms with Crippen LogP contribution in [-0.4, -0.2) is 17.9 Å². The molecule has 2 rings (SSSR count). The van der Waals surface area contributed by atoms with E-state index in [9.17, 15) is 9.59 Å². The highest BCUT2D eigenvalue weighted by molar-refractivity contribution is 5.94. The van der Waals surface area contributed by atoms with Crippen LogP contribution in [0.3, 0.4) is 0 Å². The van der Waals surface area contributed by atoms with Gasteiger partial charge in [-0.15, -0.1) is 0 Å². The van der Waals surface area contributed by atoms with Crippen molar-refractivity contribution in [2.24, 2.45) is 11.1 Å². The van der Waals surface area contributed by atoms with Crippen molar-refractivity contribution in [3.63, 3.8) is 0 Å². The number of nitrogens with one attached hydrogen (secondary N) is 1. The van der Waals surface area contributed by atoms with Crippen molar-refractivity contribution in [1.82, 2.24) is 5.32 Å². The molecule has 4 nitrogen and oxygen atoms in total. The highest BCUT2D eigenvalue weighted by atomic mass is 16.1. The smallest absolute Gasteiger partial charge is 0.248 e. The summed E-state index contributed by atoms with van der Waals surface area (Å²) in [4.78, 5) is 22.9. The van der Waals surface area contributed by atoms with Gasteiger partial charge in [-0.05, 0) is 48.4 Å². The number of primary amides is 1. The van der Waals surface area contributed by atoms with Crippen LogP contribution < -0.4 is 11.1 Å². The third-order valence-corrected chi connectivity index (χ3v) is 3.94. The molecule has 0 saturated heterocycles. The van der Waals surface area contributed by atoms with Crippen LogP contribution in [0.5, 0.6) is 0 Å². The van der Waals surface area contributed by atoms with E-state index in [0.29, 0.717) is 11.0 Å². The van der Waals surface area contributed by atoms with Crippen LogP contribution >= 0.6 is 0 Å². The average molecular weight is 286 g/mol. The highest BCUT2D eigenvalue weighted by Gasteiger charge is 2.31. The van der Waals surface area contributed by atoms with Crippen molar-refractivity contribution < 1.29 is 9.59 Å². The maximum Gasteiger partial charge on any atom is 0.248 e. The molecule has 2 amide bonds. The topological polar surface area (TPSA) is 72.2 Å². The lowest BCUT2D eigenvalue weighted by atomic mass is 9.92. The third kappa shape index (κ3) is 4.45. The molecule has 3 N–H and O–H groups in total. The van der Waals surface area contributed by atoms with Gasteiger partial charge in [0, 0.05) is 17.7 Å². The molecule has 112 valence electrons. The van der Waals surface area contributed by atoms with Crippen molar-refractivity contribution >= 4 is 17.9 Å². The molecule has 1 unspecified atom stereocenters. The van der Waals surface area contributed by atoms with Gasteiger partial charge in [-0.2, -0.15) is 0 Å². The predicted molar refractivity (Wildman–Crippen MR) is 83.6 cm³/mol. The average Bonchev–Trinajstić information content (AvgIpc) is 2.76. The number of benzene rings is 1. The largest absolute Gasteiger partial charge is 0.366 e. The van der Waals surface area contributed by atoms with Gasteiger partial charge in [0.1, 0.15) is 0 Å². The minimum Gasteiger partial charge on any atom is -0.366 e. The fraction of sp³-hybridized carbons (Fsp3) is 0.412. The molecule has 1 atom stereocenters. The van der Waals surface area contributed by atoms with Crippen molar-refractivity contribution in [2.75, 3.05) is 0 Å². The van der Waals surface area contributed by atoms with E-state index in [0.717, 1.165) is 24.8 Å². The molecule has 0 aromatic heterocycles. The van der Waals surface area contributed by atoms with Crippen molar-refractivity contribution in [2.45, 2.75) is 39.2 Å². The number of carbonyl (C=O) groups is 2. The van der Waals surface area contributed by atoms with E-state index in [1.54, 1.807) is 30.3 Å². The number of hydrogen-bond donors (Lipinski definition) is 2. The maximum atomic E-state index is 11.9. The molecule has 21 heavy (non-hydrogen) atoms. The van der Waals surface area contributed by atoms with E-state index in [-0.39, 0.29) is 11.9 Å². The van der Waals surface area contributed by atoms with Gasteiger partial charge in [0.05, 0.1) is 0 Å². The van der Waals surface area contributed by atoms with E-state index in [1.165, 1.54) is 6.08 Å². The molecule has 1 aliphatic rings. The van der Waals surface area contributed by atoms with Crippen LogP contribution in [0.1, 0.15) is 49.0 Å². The first kappa shape index (κ1) is 15.3. The Kier molecular flexibility index (Phi) is 4.46. The normalized spacial score (nSPS) is 20.6. The Morgan fingerprint density at radius 1 is 1.29 bits per heavy atom. The fourth-order valence-electron chi connectivity index (χ4n) is 2.74. The fourth-order valence-corrected chi connectivity index (χ4v) is 2.74. The SMILES string of the molecule is CC1(C)CCC(NC(=O)/C=C/c2ccc(C(N)=O)cc2)C1. The lowest BCUT2D eigenvalue weighted by Crippen LogP contribution is -2.32. The summed E-state index contributed by atoms with van der Waals surface area (Å²) < 4.78 is 0. The van der Waals surface area contributed by atoms with Gasteiger partial charge in [0.25, 0.3) is 0 Å². The summed E-state index contributed by atoms with van der Waals surface area (Å²) in [5.41, 5.74) is 6.83. The molecular formula is C17H22N2O2. The molecule has 0 heterocycles. The number of hydrogen-bond acceptors (Lipinski definition) is 2. The zero-order valence-corrected chi connectivity index (χ0v) is 12.6. The Morgan fingerprint density at radius 3 is 2.48 bits per heavy atom. The first-order valence-corrected chi connectivity index (χ1v) is 7.24. The van der Waals surface area contributed by atoms with E-state index in [4.69, 9.17) is 5.73 Å². The van der Waals surface area contributed by atoms with E-state index < -0.39 is 5.91 Å². The number of nitrogens with two attached hydrogens (primary N) is 1. The highest BCUT2D eigenvalue weighted by Crippen LogP contribution is 2.36. The van der Waals surface area contributed by atoms with Crippen molar-refractivity contribution in [3.05, 3.63) is 41.5 Å². The van der Waals surface area contributed by atoms with Gasteiger partial charge in [0.15, 0.2) is 0 Å². The second-order valence-corrected chi connectivity index (χ2v) is 6.43. The van der Waals surface area contributed by atoms with Crippen molar-refractivity contribution in [1.29, 1.82) is 0 Å². The summed E-state index contributed by atoms with van der Waals surface area (Å²) in [7, 11) is 0. The van der Waals surface area contributed by atoms with Gasteiger partial charge >= 0.3 is 0 Å². The molecule has 1 aromatic carbocycles. The summed E-state index contributed by atoms with van der Waals surface area (Å²) in [6.07, 6.45) is 6.49. The number of rotatable bonds is 4. The first-order chi connectivity index (χ1) is 9.85. The lowest BCUT2D eigenvalue weighted by Gasteiger charge is -2.17. The van der Waals surface area contributed by atoms with Crippen LogP contribution in [0.25, 0.3) is 6.08 Å². The van der Waals surface area contributed by atoms with Crippen LogP contribution in [0.2, 0.25) is 0 Å². The Morgan fingerprint density at radius 2 is 1.95 bits per heavy atom. The minimum absolute atomic E-state index is 0.0725. The summed E-state index contributed by atoms with van der Waals surface area (Å²) in [5.74, 6) is -0.524. The molecule has 1 aromatic rings. The predicted octanol–water partition coefficient (Wildman–Crippen LogP) is 2.49. The molecule has 1 aliphatic carbocycles. The van der Waals surface area contributed by atoms with Crippen LogP contribution in [0.15, 0.2) is 30.3 Å². The Labute approximate surface area is 125 Å². The Bertz CT molecular complexity index is 559. The monoisotopic (exact) mass is 286 g/mol. The molecular weight excluding hydrogens is 264 g/mol. The van der Waals surface area contributed by atoms with E-state index in [2.05, 4.69) is 19.2 Å². The summed E-state index contributed by atoms with van der Waals surface area (Å²) in [6, 6.07) is 7.11. The zero-order chi connectivity index (χ0) is 15.5. The second kappa shape index (κ2) is 6.12. The van der Waals surface area contributed by atoms with Crippen LogP contribution in [0.4, 0.5) is 0 Å². The van der Waals surface area contributed by atoms with Gasteiger partial charge < -0.3 is 11.1 Å². The summed E-state index contributed by atoms with van der Waals surface area (Å²) >= 11 is 0. The van der Waals surface area contributed by atoms with Crippen molar-refractivity contribution in [3.8, 4) is 0 Å². The molecule has 0 aliphatic heterocycles. The molecule has 1 fully saturated rings. The quantitative estimate of drug-likeness (QED) is 0.835. The maximum absolute atomic E-state index is 11.9. The van der Waals surface area contributed by atoms with Crippen LogP contribution in [0, 0.1) is 5.41 Å². The van der Waals surface area contributed by atoms with Gasteiger partial charge in [0.2, 0.25) is 11.8 Å². The van der Waals surface area contributed by atoms with E-state index in [1.807, 2.05) is 0 Å². The number of amides is 2. The molecule has 4 heteroatoms. The van der Waals surface area contributed by atoms with Crippen LogP contribution in [-0.2, 0) is 4.79 Å². The lowest BCUT2D eigenvalue weighted by molar-refractivity contribution is -0.117. The Hall–Kier alpha value is -2.10. The summed E-state index contributed by atoms with van der Waals surface area (Å²) in [6.45, 7) is 4.46. The minimum atomic E-state index is -0.452. The Balaban J connectivity index is 1.89. The zero-order valence-electron chi connectivity index (χ0n) is 12.6. The molecule has 0 radical (unpaired) electrons. The number of carbonyl (C=O) groups excluding carboxylic acids is 2. The summed E-state index contributed by atoms with van der Waals surface area (Å²) in [5, 5.41) is 3.03. The van der Waals surface area contributed by atoms with Gasteiger partial charge in [-0.3, -0.25) is 9.59 Å². The van der Waals surface area contributed by atoms with E-state index >= 15 is 0 Å². The first-order valence-electron chi connectivity index (χ1n) is 7.24. The molecule has 0 spiro atoms. The third-order valence-electron chi connectivity index (χ3n) is 3.94. The van der Waals surface area contributed by atoms with Gasteiger partial charge in [-0.1, -0.05) is 26.0 Å². The molecule has 0 bridgehead atoms.